The standard InChI is InChI=1S/C11H20OS/c1-5-6-7-8-10(12)9-13-11(2,3)4/h1,10,12H,6-9H2,2-4H3. The zero-order valence-corrected chi connectivity index (χ0v) is 9.66. The zero-order valence-electron chi connectivity index (χ0n) is 8.84. The number of hydrogen-bond acceptors (Lipinski definition) is 2. The van der Waals surface area contributed by atoms with Gasteiger partial charge in [0.05, 0.1) is 6.10 Å². The van der Waals surface area contributed by atoms with E-state index in [-0.39, 0.29) is 10.9 Å². The van der Waals surface area contributed by atoms with E-state index in [1.807, 2.05) is 0 Å². The highest BCUT2D eigenvalue weighted by Crippen LogP contribution is 2.24. The molecule has 0 saturated carbocycles. The van der Waals surface area contributed by atoms with Crippen LogP contribution in [-0.2, 0) is 0 Å². The lowest BCUT2D eigenvalue weighted by atomic mass is 10.2. The predicted molar refractivity (Wildman–Crippen MR) is 60.9 cm³/mol. The molecule has 0 heterocycles. The Balaban J connectivity index is 3.42. The molecule has 13 heavy (non-hydrogen) atoms. The SMILES string of the molecule is C#CCCCC(O)CSC(C)(C)C. The lowest BCUT2D eigenvalue weighted by Crippen LogP contribution is -2.16. The fraction of sp³-hybridized carbons (Fsp3) is 0.818. The number of aliphatic hydroxyl groups is 1. The summed E-state index contributed by atoms with van der Waals surface area (Å²) in [7, 11) is 0. The summed E-state index contributed by atoms with van der Waals surface area (Å²) in [5.41, 5.74) is 0. The molecule has 0 aliphatic carbocycles. The quantitative estimate of drug-likeness (QED) is 0.544. The summed E-state index contributed by atoms with van der Waals surface area (Å²) in [6.07, 6.45) is 7.46. The molecule has 0 aliphatic rings. The Labute approximate surface area is 86.3 Å². The monoisotopic (exact) mass is 200 g/mol. The molecule has 0 saturated heterocycles. The molecule has 0 aliphatic heterocycles. The second-order valence-corrected chi connectivity index (χ2v) is 6.02. The Morgan fingerprint density at radius 2 is 2.08 bits per heavy atom. The van der Waals surface area contributed by atoms with E-state index >= 15 is 0 Å². The van der Waals surface area contributed by atoms with Crippen LogP contribution in [0, 0.1) is 12.3 Å². The van der Waals surface area contributed by atoms with E-state index < -0.39 is 0 Å². The molecule has 0 aromatic rings. The van der Waals surface area contributed by atoms with Crippen molar-refractivity contribution in [3.05, 3.63) is 0 Å². The van der Waals surface area contributed by atoms with Crippen LogP contribution in [0.1, 0.15) is 40.0 Å². The third kappa shape index (κ3) is 9.79. The van der Waals surface area contributed by atoms with Crippen molar-refractivity contribution in [3.8, 4) is 12.3 Å². The molecule has 0 radical (unpaired) electrons. The van der Waals surface area contributed by atoms with Crippen molar-refractivity contribution in [1.29, 1.82) is 0 Å². The van der Waals surface area contributed by atoms with Gasteiger partial charge in [-0.15, -0.1) is 12.3 Å². The first kappa shape index (κ1) is 12.9. The Bertz CT molecular complexity index is 164. The first-order valence-electron chi connectivity index (χ1n) is 4.71. The molecule has 1 atom stereocenters. The highest BCUT2D eigenvalue weighted by Gasteiger charge is 2.13. The van der Waals surface area contributed by atoms with E-state index in [0.29, 0.717) is 0 Å². The van der Waals surface area contributed by atoms with Crippen molar-refractivity contribution in [3.63, 3.8) is 0 Å². The fourth-order valence-electron chi connectivity index (χ4n) is 0.869. The molecule has 0 spiro atoms. The van der Waals surface area contributed by atoms with Gasteiger partial charge in [0.2, 0.25) is 0 Å². The predicted octanol–water partition coefficient (Wildman–Crippen LogP) is 2.68. The molecule has 1 unspecified atom stereocenters. The van der Waals surface area contributed by atoms with Crippen LogP contribution in [0.5, 0.6) is 0 Å². The summed E-state index contributed by atoms with van der Waals surface area (Å²) in [5.74, 6) is 3.39. The maximum absolute atomic E-state index is 9.55. The van der Waals surface area contributed by atoms with E-state index in [4.69, 9.17) is 6.42 Å². The average molecular weight is 200 g/mol. The summed E-state index contributed by atoms with van der Waals surface area (Å²) in [5, 5.41) is 9.55. The van der Waals surface area contributed by atoms with Gasteiger partial charge >= 0.3 is 0 Å². The van der Waals surface area contributed by atoms with E-state index in [2.05, 4.69) is 26.7 Å². The second kappa shape index (κ2) is 6.34. The molecular weight excluding hydrogens is 180 g/mol. The summed E-state index contributed by atoms with van der Waals surface area (Å²) in [4.78, 5) is 0. The van der Waals surface area contributed by atoms with E-state index in [0.717, 1.165) is 25.0 Å². The number of hydrogen-bond donors (Lipinski definition) is 1. The Kier molecular flexibility index (Phi) is 6.28. The van der Waals surface area contributed by atoms with Crippen LogP contribution in [0.25, 0.3) is 0 Å². The molecule has 1 nitrogen and oxygen atoms in total. The number of unbranched alkanes of at least 4 members (excludes halogenated alkanes) is 1. The zero-order chi connectivity index (χ0) is 10.3. The van der Waals surface area contributed by atoms with E-state index in [1.165, 1.54) is 0 Å². The van der Waals surface area contributed by atoms with Crippen molar-refractivity contribution in [2.24, 2.45) is 0 Å². The minimum atomic E-state index is -0.197. The van der Waals surface area contributed by atoms with Crippen LogP contribution in [0.15, 0.2) is 0 Å². The average Bonchev–Trinajstić information content (AvgIpc) is 2.00. The van der Waals surface area contributed by atoms with Crippen molar-refractivity contribution in [1.82, 2.24) is 0 Å². The van der Waals surface area contributed by atoms with Gasteiger partial charge in [0.1, 0.15) is 0 Å². The molecule has 0 aromatic heterocycles. The molecule has 0 amide bonds. The molecule has 1 N–H and O–H groups in total. The van der Waals surface area contributed by atoms with Crippen LogP contribution < -0.4 is 0 Å². The largest absolute Gasteiger partial charge is 0.392 e. The first-order chi connectivity index (χ1) is 5.95. The van der Waals surface area contributed by atoms with Crippen molar-refractivity contribution < 1.29 is 5.11 Å². The third-order valence-corrected chi connectivity index (χ3v) is 2.98. The molecule has 0 rings (SSSR count). The van der Waals surface area contributed by atoms with Gasteiger partial charge in [-0.3, -0.25) is 0 Å². The minimum absolute atomic E-state index is 0.197. The molecule has 0 fully saturated rings. The van der Waals surface area contributed by atoms with Gasteiger partial charge in [0.25, 0.3) is 0 Å². The smallest absolute Gasteiger partial charge is 0.0631 e. The Morgan fingerprint density at radius 3 is 2.54 bits per heavy atom. The van der Waals surface area contributed by atoms with Gasteiger partial charge in [0, 0.05) is 16.9 Å². The van der Waals surface area contributed by atoms with Gasteiger partial charge in [-0.2, -0.15) is 11.8 Å². The van der Waals surface area contributed by atoms with Gasteiger partial charge in [-0.25, -0.2) is 0 Å². The second-order valence-electron chi connectivity index (χ2n) is 4.17. The summed E-state index contributed by atoms with van der Waals surface area (Å²) in [6, 6.07) is 0. The number of terminal acetylenes is 1. The van der Waals surface area contributed by atoms with Crippen LogP contribution in [0.2, 0.25) is 0 Å². The van der Waals surface area contributed by atoms with Crippen LogP contribution in [0.4, 0.5) is 0 Å². The first-order valence-corrected chi connectivity index (χ1v) is 5.70. The maximum atomic E-state index is 9.55. The minimum Gasteiger partial charge on any atom is -0.392 e. The van der Waals surface area contributed by atoms with Crippen molar-refractivity contribution in [2.45, 2.75) is 50.9 Å². The van der Waals surface area contributed by atoms with Crippen LogP contribution in [-0.4, -0.2) is 21.7 Å². The van der Waals surface area contributed by atoms with Crippen LogP contribution >= 0.6 is 11.8 Å². The molecule has 0 aromatic carbocycles. The van der Waals surface area contributed by atoms with Crippen molar-refractivity contribution in [2.75, 3.05) is 5.75 Å². The lowest BCUT2D eigenvalue weighted by molar-refractivity contribution is 0.186. The topological polar surface area (TPSA) is 20.2 Å². The fourth-order valence-corrected chi connectivity index (χ4v) is 1.73. The summed E-state index contributed by atoms with van der Waals surface area (Å²) < 4.78 is 0.243. The number of rotatable bonds is 5. The van der Waals surface area contributed by atoms with Crippen molar-refractivity contribution >= 4 is 11.8 Å². The molecule has 2 heteroatoms. The normalized spacial score (nSPS) is 13.8. The molecular formula is C11H20OS. The van der Waals surface area contributed by atoms with Gasteiger partial charge < -0.3 is 5.11 Å². The van der Waals surface area contributed by atoms with E-state index in [1.54, 1.807) is 11.8 Å². The highest BCUT2D eigenvalue weighted by molar-refractivity contribution is 8.00. The summed E-state index contributed by atoms with van der Waals surface area (Å²) in [6.45, 7) is 6.48. The molecule has 0 bridgehead atoms. The lowest BCUT2D eigenvalue weighted by Gasteiger charge is -2.19. The maximum Gasteiger partial charge on any atom is 0.0631 e. The van der Waals surface area contributed by atoms with Gasteiger partial charge in [0.15, 0.2) is 0 Å². The number of thioether (sulfide) groups is 1. The van der Waals surface area contributed by atoms with Gasteiger partial charge in [-0.1, -0.05) is 20.8 Å². The van der Waals surface area contributed by atoms with Crippen LogP contribution in [0.3, 0.4) is 0 Å². The number of aliphatic hydroxyl groups excluding tert-OH is 1. The Hall–Kier alpha value is -0.130. The van der Waals surface area contributed by atoms with E-state index in [9.17, 15) is 5.11 Å². The Morgan fingerprint density at radius 1 is 1.46 bits per heavy atom. The highest BCUT2D eigenvalue weighted by atomic mass is 32.2. The van der Waals surface area contributed by atoms with Gasteiger partial charge in [-0.05, 0) is 12.8 Å². The third-order valence-electron chi connectivity index (χ3n) is 1.57. The molecule has 76 valence electrons. The summed E-state index contributed by atoms with van der Waals surface area (Å²) >= 11 is 1.80.